The number of rotatable bonds is 7. The fourth-order valence-corrected chi connectivity index (χ4v) is 1.96. The maximum Gasteiger partial charge on any atom is 0.216 e. The van der Waals surface area contributed by atoms with E-state index in [1.807, 2.05) is 6.92 Å². The SMILES string of the molecule is CCOCCN1CCN(CCNC(C)=O)CC1. The summed E-state index contributed by atoms with van der Waals surface area (Å²) in [4.78, 5) is 15.6. The second-order valence-corrected chi connectivity index (χ2v) is 4.36. The van der Waals surface area contributed by atoms with E-state index in [1.165, 1.54) is 0 Å². The molecule has 100 valence electrons. The highest BCUT2D eigenvalue weighted by atomic mass is 16.5. The van der Waals surface area contributed by atoms with Crippen LogP contribution in [-0.2, 0) is 9.53 Å². The smallest absolute Gasteiger partial charge is 0.216 e. The minimum absolute atomic E-state index is 0.0559. The topological polar surface area (TPSA) is 44.8 Å². The van der Waals surface area contributed by atoms with Crippen LogP contribution >= 0.6 is 0 Å². The fraction of sp³-hybridized carbons (Fsp3) is 0.917. The van der Waals surface area contributed by atoms with Crippen molar-refractivity contribution in [2.24, 2.45) is 0 Å². The van der Waals surface area contributed by atoms with E-state index in [9.17, 15) is 4.79 Å². The summed E-state index contributed by atoms with van der Waals surface area (Å²) in [6, 6.07) is 0. The van der Waals surface area contributed by atoms with Crippen LogP contribution in [0.4, 0.5) is 0 Å². The molecule has 0 saturated carbocycles. The summed E-state index contributed by atoms with van der Waals surface area (Å²) in [6.45, 7) is 12.4. The van der Waals surface area contributed by atoms with Gasteiger partial charge in [0.15, 0.2) is 0 Å². The Morgan fingerprint density at radius 2 is 1.76 bits per heavy atom. The number of hydrogen-bond acceptors (Lipinski definition) is 4. The Balaban J connectivity index is 2.03. The predicted molar refractivity (Wildman–Crippen MR) is 68.1 cm³/mol. The fourth-order valence-electron chi connectivity index (χ4n) is 1.96. The van der Waals surface area contributed by atoms with Crippen LogP contribution in [0.25, 0.3) is 0 Å². The first-order valence-corrected chi connectivity index (χ1v) is 6.49. The molecule has 5 heteroatoms. The van der Waals surface area contributed by atoms with Crippen molar-refractivity contribution in [1.82, 2.24) is 15.1 Å². The summed E-state index contributed by atoms with van der Waals surface area (Å²) in [6.07, 6.45) is 0. The first kappa shape index (κ1) is 14.4. The average molecular weight is 243 g/mol. The van der Waals surface area contributed by atoms with E-state index < -0.39 is 0 Å². The molecule has 5 nitrogen and oxygen atoms in total. The van der Waals surface area contributed by atoms with Crippen LogP contribution in [0.5, 0.6) is 0 Å². The maximum atomic E-state index is 10.7. The zero-order valence-corrected chi connectivity index (χ0v) is 11.1. The quantitative estimate of drug-likeness (QED) is 0.628. The lowest BCUT2D eigenvalue weighted by Crippen LogP contribution is -2.49. The number of amides is 1. The van der Waals surface area contributed by atoms with E-state index in [-0.39, 0.29) is 5.91 Å². The van der Waals surface area contributed by atoms with Crippen molar-refractivity contribution >= 4 is 5.91 Å². The third-order valence-corrected chi connectivity index (χ3v) is 3.02. The molecular formula is C12H25N3O2. The minimum Gasteiger partial charge on any atom is -0.380 e. The predicted octanol–water partition coefficient (Wildman–Crippen LogP) is -0.223. The van der Waals surface area contributed by atoms with E-state index in [4.69, 9.17) is 4.74 Å². The van der Waals surface area contributed by atoms with E-state index in [0.717, 1.165) is 59.0 Å². The van der Waals surface area contributed by atoms with Gasteiger partial charge < -0.3 is 10.1 Å². The molecule has 1 saturated heterocycles. The molecule has 1 fully saturated rings. The third kappa shape index (κ3) is 6.61. The molecule has 1 N–H and O–H groups in total. The first-order valence-electron chi connectivity index (χ1n) is 6.49. The number of ether oxygens (including phenoxy) is 1. The summed E-state index contributed by atoms with van der Waals surface area (Å²) >= 11 is 0. The molecule has 0 aromatic heterocycles. The van der Waals surface area contributed by atoms with Gasteiger partial charge in [0.1, 0.15) is 0 Å². The monoisotopic (exact) mass is 243 g/mol. The summed E-state index contributed by atoms with van der Waals surface area (Å²) < 4.78 is 5.35. The summed E-state index contributed by atoms with van der Waals surface area (Å²) in [5, 5.41) is 2.83. The largest absolute Gasteiger partial charge is 0.380 e. The van der Waals surface area contributed by atoms with Crippen molar-refractivity contribution in [3.8, 4) is 0 Å². The zero-order chi connectivity index (χ0) is 12.5. The highest BCUT2D eigenvalue weighted by molar-refractivity contribution is 5.72. The molecule has 1 heterocycles. The Labute approximate surface area is 104 Å². The molecule has 0 spiro atoms. The lowest BCUT2D eigenvalue weighted by Gasteiger charge is -2.34. The van der Waals surface area contributed by atoms with Crippen LogP contribution in [0.1, 0.15) is 13.8 Å². The average Bonchev–Trinajstić information content (AvgIpc) is 2.31. The molecule has 0 atom stereocenters. The Bertz CT molecular complexity index is 216. The molecule has 0 radical (unpaired) electrons. The van der Waals surface area contributed by atoms with Crippen LogP contribution in [-0.4, -0.2) is 74.7 Å². The van der Waals surface area contributed by atoms with Gasteiger partial charge in [-0.05, 0) is 6.92 Å². The van der Waals surface area contributed by atoms with Crippen LogP contribution in [0, 0.1) is 0 Å². The van der Waals surface area contributed by atoms with Crippen LogP contribution < -0.4 is 5.32 Å². The van der Waals surface area contributed by atoms with Gasteiger partial charge in [-0.25, -0.2) is 0 Å². The van der Waals surface area contributed by atoms with Crippen molar-refractivity contribution in [2.45, 2.75) is 13.8 Å². The summed E-state index contributed by atoms with van der Waals surface area (Å²) in [7, 11) is 0. The molecule has 1 aliphatic rings. The van der Waals surface area contributed by atoms with Gasteiger partial charge in [-0.2, -0.15) is 0 Å². The minimum atomic E-state index is 0.0559. The highest BCUT2D eigenvalue weighted by Crippen LogP contribution is 2.00. The van der Waals surface area contributed by atoms with Crippen molar-refractivity contribution in [3.63, 3.8) is 0 Å². The molecule has 0 aromatic rings. The molecule has 1 aliphatic heterocycles. The van der Waals surface area contributed by atoms with E-state index in [0.29, 0.717) is 0 Å². The number of nitrogens with zero attached hydrogens (tertiary/aromatic N) is 2. The third-order valence-electron chi connectivity index (χ3n) is 3.02. The highest BCUT2D eigenvalue weighted by Gasteiger charge is 2.15. The maximum absolute atomic E-state index is 10.7. The Morgan fingerprint density at radius 1 is 1.18 bits per heavy atom. The normalized spacial score (nSPS) is 18.2. The lowest BCUT2D eigenvalue weighted by atomic mass is 10.3. The standard InChI is InChI=1S/C12H25N3O2/c1-3-17-11-10-15-8-6-14(7-9-15)5-4-13-12(2)16/h3-11H2,1-2H3,(H,13,16). The number of nitrogens with one attached hydrogen (secondary N) is 1. The van der Waals surface area contributed by atoms with Crippen molar-refractivity contribution in [3.05, 3.63) is 0 Å². The van der Waals surface area contributed by atoms with Gasteiger partial charge >= 0.3 is 0 Å². The van der Waals surface area contributed by atoms with E-state index in [2.05, 4.69) is 15.1 Å². The second kappa shape index (κ2) is 8.44. The van der Waals surface area contributed by atoms with Crippen LogP contribution in [0.3, 0.4) is 0 Å². The number of piperazine rings is 1. The van der Waals surface area contributed by atoms with Gasteiger partial charge in [-0.3, -0.25) is 14.6 Å². The van der Waals surface area contributed by atoms with Gasteiger partial charge in [0.25, 0.3) is 0 Å². The van der Waals surface area contributed by atoms with Gasteiger partial charge in [0.05, 0.1) is 6.61 Å². The van der Waals surface area contributed by atoms with Gasteiger partial charge in [-0.1, -0.05) is 0 Å². The zero-order valence-electron chi connectivity index (χ0n) is 11.1. The second-order valence-electron chi connectivity index (χ2n) is 4.36. The molecule has 0 unspecified atom stereocenters. The molecule has 0 aromatic carbocycles. The summed E-state index contributed by atoms with van der Waals surface area (Å²) in [5.41, 5.74) is 0. The van der Waals surface area contributed by atoms with Gasteiger partial charge in [-0.15, -0.1) is 0 Å². The number of carbonyl (C=O) groups excluding carboxylic acids is 1. The van der Waals surface area contributed by atoms with Crippen molar-refractivity contribution < 1.29 is 9.53 Å². The molecule has 0 aliphatic carbocycles. The van der Waals surface area contributed by atoms with Crippen LogP contribution in [0.2, 0.25) is 0 Å². The Kier molecular flexibility index (Phi) is 7.16. The van der Waals surface area contributed by atoms with E-state index >= 15 is 0 Å². The molecule has 17 heavy (non-hydrogen) atoms. The summed E-state index contributed by atoms with van der Waals surface area (Å²) in [5.74, 6) is 0.0559. The number of hydrogen-bond donors (Lipinski definition) is 1. The molecule has 0 bridgehead atoms. The lowest BCUT2D eigenvalue weighted by molar-refractivity contribution is -0.119. The molecular weight excluding hydrogens is 218 g/mol. The molecule has 1 amide bonds. The Morgan fingerprint density at radius 3 is 2.29 bits per heavy atom. The molecule has 1 rings (SSSR count). The number of carbonyl (C=O) groups is 1. The first-order chi connectivity index (χ1) is 8.22. The van der Waals surface area contributed by atoms with Crippen LogP contribution in [0.15, 0.2) is 0 Å². The van der Waals surface area contributed by atoms with Crippen molar-refractivity contribution in [2.75, 3.05) is 59.0 Å². The van der Waals surface area contributed by atoms with Gasteiger partial charge in [0.2, 0.25) is 5.91 Å². The Hall–Kier alpha value is -0.650. The van der Waals surface area contributed by atoms with Gasteiger partial charge in [0, 0.05) is 59.3 Å². The van der Waals surface area contributed by atoms with E-state index in [1.54, 1.807) is 6.92 Å². The van der Waals surface area contributed by atoms with Crippen molar-refractivity contribution in [1.29, 1.82) is 0 Å².